The zero-order valence-electron chi connectivity index (χ0n) is 10.2. The van der Waals surface area contributed by atoms with E-state index in [2.05, 4.69) is 36.2 Å². The van der Waals surface area contributed by atoms with Crippen molar-refractivity contribution in [1.29, 1.82) is 0 Å². The molecule has 2 aromatic heterocycles. The molecule has 94 valence electrons. The molecule has 0 aliphatic carbocycles. The van der Waals surface area contributed by atoms with Crippen molar-refractivity contribution in [2.24, 2.45) is 0 Å². The SMILES string of the molecule is Cc1nc(Br)cc(-c2cnnn2-c2ccccc2)n1. The van der Waals surface area contributed by atoms with Crippen LogP contribution in [0.3, 0.4) is 0 Å². The first-order valence-electron chi connectivity index (χ1n) is 5.72. The van der Waals surface area contributed by atoms with E-state index in [9.17, 15) is 0 Å². The van der Waals surface area contributed by atoms with Crippen molar-refractivity contribution in [3.8, 4) is 17.1 Å². The molecule has 0 atom stereocenters. The fourth-order valence-electron chi connectivity index (χ4n) is 1.83. The third-order valence-electron chi connectivity index (χ3n) is 2.62. The number of benzene rings is 1. The Labute approximate surface area is 118 Å². The summed E-state index contributed by atoms with van der Waals surface area (Å²) < 4.78 is 2.50. The molecule has 0 N–H and O–H groups in total. The molecule has 3 rings (SSSR count). The van der Waals surface area contributed by atoms with Gasteiger partial charge in [-0.15, -0.1) is 5.10 Å². The highest BCUT2D eigenvalue weighted by molar-refractivity contribution is 9.10. The second-order valence-corrected chi connectivity index (χ2v) is 4.80. The van der Waals surface area contributed by atoms with Gasteiger partial charge in [-0.2, -0.15) is 0 Å². The lowest BCUT2D eigenvalue weighted by atomic mass is 10.2. The minimum atomic E-state index is 0.699. The summed E-state index contributed by atoms with van der Waals surface area (Å²) in [6.07, 6.45) is 1.70. The zero-order valence-corrected chi connectivity index (χ0v) is 11.7. The number of rotatable bonds is 2. The number of halogens is 1. The molecule has 6 heteroatoms. The molecule has 0 fully saturated rings. The highest BCUT2D eigenvalue weighted by Crippen LogP contribution is 2.21. The molecule has 0 saturated heterocycles. The van der Waals surface area contributed by atoms with Crippen LogP contribution in [0.2, 0.25) is 0 Å². The molecule has 2 heterocycles. The van der Waals surface area contributed by atoms with Crippen LogP contribution in [-0.2, 0) is 0 Å². The highest BCUT2D eigenvalue weighted by Gasteiger charge is 2.11. The lowest BCUT2D eigenvalue weighted by Crippen LogP contribution is -2.01. The van der Waals surface area contributed by atoms with Crippen LogP contribution < -0.4 is 0 Å². The van der Waals surface area contributed by atoms with E-state index in [0.717, 1.165) is 21.7 Å². The number of aromatic nitrogens is 5. The Morgan fingerprint density at radius 2 is 1.89 bits per heavy atom. The van der Waals surface area contributed by atoms with E-state index in [-0.39, 0.29) is 0 Å². The van der Waals surface area contributed by atoms with Crippen LogP contribution >= 0.6 is 15.9 Å². The quantitative estimate of drug-likeness (QED) is 0.682. The monoisotopic (exact) mass is 315 g/mol. The first-order valence-corrected chi connectivity index (χ1v) is 6.51. The third-order valence-corrected chi connectivity index (χ3v) is 3.03. The van der Waals surface area contributed by atoms with Gasteiger partial charge in [-0.1, -0.05) is 23.4 Å². The van der Waals surface area contributed by atoms with Crippen molar-refractivity contribution >= 4 is 15.9 Å². The molecule has 5 nitrogen and oxygen atoms in total. The molecule has 0 saturated carbocycles. The zero-order chi connectivity index (χ0) is 13.2. The minimum absolute atomic E-state index is 0.699. The summed E-state index contributed by atoms with van der Waals surface area (Å²) in [5.74, 6) is 0.699. The number of hydrogen-bond acceptors (Lipinski definition) is 4. The van der Waals surface area contributed by atoms with E-state index >= 15 is 0 Å². The van der Waals surface area contributed by atoms with E-state index in [1.165, 1.54) is 0 Å². The van der Waals surface area contributed by atoms with Gasteiger partial charge < -0.3 is 0 Å². The molecule has 19 heavy (non-hydrogen) atoms. The van der Waals surface area contributed by atoms with Crippen LogP contribution in [0.25, 0.3) is 17.1 Å². The Balaban J connectivity index is 2.15. The van der Waals surface area contributed by atoms with Crippen LogP contribution in [0.1, 0.15) is 5.82 Å². The Hall–Kier alpha value is -2.08. The van der Waals surface area contributed by atoms with Crippen molar-refractivity contribution in [1.82, 2.24) is 25.0 Å². The van der Waals surface area contributed by atoms with Crippen molar-refractivity contribution < 1.29 is 0 Å². The van der Waals surface area contributed by atoms with Crippen molar-refractivity contribution in [3.05, 3.63) is 53.0 Å². The first kappa shape index (κ1) is 12.0. The Morgan fingerprint density at radius 1 is 1.11 bits per heavy atom. The van der Waals surface area contributed by atoms with Gasteiger partial charge >= 0.3 is 0 Å². The Morgan fingerprint density at radius 3 is 2.63 bits per heavy atom. The minimum Gasteiger partial charge on any atom is -0.231 e. The normalized spacial score (nSPS) is 10.6. The molecule has 0 aliphatic heterocycles. The molecule has 0 unspecified atom stereocenters. The topological polar surface area (TPSA) is 56.5 Å². The third kappa shape index (κ3) is 2.39. The van der Waals surface area contributed by atoms with E-state index in [1.54, 1.807) is 10.9 Å². The van der Waals surface area contributed by atoms with Crippen molar-refractivity contribution in [2.45, 2.75) is 6.92 Å². The molecule has 0 amide bonds. The predicted molar refractivity (Wildman–Crippen MR) is 74.8 cm³/mol. The highest BCUT2D eigenvalue weighted by atomic mass is 79.9. The van der Waals surface area contributed by atoms with E-state index in [4.69, 9.17) is 0 Å². The maximum Gasteiger partial charge on any atom is 0.127 e. The maximum atomic E-state index is 4.42. The Kier molecular flexibility index (Phi) is 3.08. The van der Waals surface area contributed by atoms with Gasteiger partial charge in [0.05, 0.1) is 17.6 Å². The average molecular weight is 316 g/mol. The van der Waals surface area contributed by atoms with Gasteiger partial charge in [0.15, 0.2) is 0 Å². The predicted octanol–water partition coefficient (Wildman–Crippen LogP) is 2.80. The summed E-state index contributed by atoms with van der Waals surface area (Å²) in [6.45, 7) is 1.85. The number of para-hydroxylation sites is 1. The molecular formula is C13H10BrN5. The molecule has 1 aromatic carbocycles. The van der Waals surface area contributed by atoms with Crippen molar-refractivity contribution in [2.75, 3.05) is 0 Å². The molecule has 0 spiro atoms. The molecule has 0 bridgehead atoms. The maximum absolute atomic E-state index is 4.42. The summed E-state index contributed by atoms with van der Waals surface area (Å²) in [5, 5.41) is 8.08. The van der Waals surface area contributed by atoms with Crippen LogP contribution in [0.4, 0.5) is 0 Å². The summed E-state index contributed by atoms with van der Waals surface area (Å²) in [6, 6.07) is 11.7. The van der Waals surface area contributed by atoms with Gasteiger partial charge in [0.1, 0.15) is 16.1 Å². The van der Waals surface area contributed by atoms with Crippen LogP contribution in [0, 0.1) is 6.92 Å². The number of aryl methyl sites for hydroxylation is 1. The summed E-state index contributed by atoms with van der Waals surface area (Å²) in [5.41, 5.74) is 2.56. The number of nitrogens with zero attached hydrogens (tertiary/aromatic N) is 5. The average Bonchev–Trinajstić information content (AvgIpc) is 2.88. The second kappa shape index (κ2) is 4.89. The lowest BCUT2D eigenvalue weighted by Gasteiger charge is -2.06. The van der Waals surface area contributed by atoms with Gasteiger partial charge in [0, 0.05) is 0 Å². The molecule has 3 aromatic rings. The van der Waals surface area contributed by atoms with Crippen molar-refractivity contribution in [3.63, 3.8) is 0 Å². The fourth-order valence-corrected chi connectivity index (χ4v) is 2.31. The summed E-state index contributed by atoms with van der Waals surface area (Å²) >= 11 is 3.38. The molecular weight excluding hydrogens is 306 g/mol. The fraction of sp³-hybridized carbons (Fsp3) is 0.0769. The van der Waals surface area contributed by atoms with E-state index < -0.39 is 0 Å². The van der Waals surface area contributed by atoms with E-state index in [1.807, 2.05) is 43.3 Å². The van der Waals surface area contributed by atoms with Crippen LogP contribution in [0.5, 0.6) is 0 Å². The number of hydrogen-bond donors (Lipinski definition) is 0. The van der Waals surface area contributed by atoms with Crippen LogP contribution in [0.15, 0.2) is 47.2 Å². The second-order valence-electron chi connectivity index (χ2n) is 3.99. The van der Waals surface area contributed by atoms with Gasteiger partial charge in [-0.05, 0) is 41.1 Å². The largest absolute Gasteiger partial charge is 0.231 e. The van der Waals surface area contributed by atoms with Gasteiger partial charge in [-0.25, -0.2) is 14.6 Å². The lowest BCUT2D eigenvalue weighted by molar-refractivity contribution is 0.805. The standard InChI is InChI=1S/C13H10BrN5/c1-9-16-11(7-13(14)17-9)12-8-15-18-19(12)10-5-3-2-4-6-10/h2-8H,1H3. The Bertz CT molecular complexity index is 688. The summed E-state index contributed by atoms with van der Waals surface area (Å²) in [7, 11) is 0. The molecule has 0 aliphatic rings. The van der Waals surface area contributed by atoms with Gasteiger partial charge in [0.25, 0.3) is 0 Å². The summed E-state index contributed by atoms with van der Waals surface area (Å²) in [4.78, 5) is 8.62. The molecule has 0 radical (unpaired) electrons. The van der Waals surface area contributed by atoms with Gasteiger partial charge in [-0.3, -0.25) is 0 Å². The van der Waals surface area contributed by atoms with E-state index in [0.29, 0.717) is 5.82 Å². The van der Waals surface area contributed by atoms with Gasteiger partial charge in [0.2, 0.25) is 0 Å². The smallest absolute Gasteiger partial charge is 0.127 e. The van der Waals surface area contributed by atoms with Crippen LogP contribution in [-0.4, -0.2) is 25.0 Å². The first-order chi connectivity index (χ1) is 9.24.